The number of rotatable bonds is 5. The molecule has 6 heteroatoms. The summed E-state index contributed by atoms with van der Waals surface area (Å²) in [5.74, 6) is 0.848. The molecule has 0 fully saturated rings. The van der Waals surface area contributed by atoms with Crippen molar-refractivity contribution in [3.05, 3.63) is 53.6 Å². The second-order valence-corrected chi connectivity index (χ2v) is 7.71. The van der Waals surface area contributed by atoms with Crippen LogP contribution in [-0.4, -0.2) is 34.7 Å². The van der Waals surface area contributed by atoms with Crippen molar-refractivity contribution in [1.29, 1.82) is 0 Å². The van der Waals surface area contributed by atoms with Crippen LogP contribution in [0.15, 0.2) is 47.4 Å². The number of fused-ring (bicyclic) bond motifs is 1. The Balaban J connectivity index is 1.67. The molecular formula is C18H22N2O3S. The normalized spacial score (nSPS) is 14.2. The fourth-order valence-corrected chi connectivity index (χ4v) is 4.20. The van der Waals surface area contributed by atoms with Gasteiger partial charge in [-0.25, -0.2) is 13.1 Å². The molecule has 0 atom stereocenters. The molecule has 0 unspecified atom stereocenters. The van der Waals surface area contributed by atoms with Gasteiger partial charge in [-0.15, -0.1) is 0 Å². The number of anilines is 1. The summed E-state index contributed by atoms with van der Waals surface area (Å²) in [7, 11) is -3.50. The highest BCUT2D eigenvalue weighted by Crippen LogP contribution is 2.30. The van der Waals surface area contributed by atoms with Gasteiger partial charge >= 0.3 is 0 Å². The van der Waals surface area contributed by atoms with Crippen LogP contribution in [0.1, 0.15) is 11.1 Å². The van der Waals surface area contributed by atoms with Crippen molar-refractivity contribution in [3.8, 4) is 5.75 Å². The average molecular weight is 346 g/mol. The smallest absolute Gasteiger partial charge is 0.240 e. The number of nitrogens with zero attached hydrogens (tertiary/aromatic N) is 1. The van der Waals surface area contributed by atoms with Crippen LogP contribution in [0.5, 0.6) is 5.75 Å². The van der Waals surface area contributed by atoms with Crippen molar-refractivity contribution in [2.75, 3.05) is 31.1 Å². The zero-order chi connectivity index (χ0) is 17.2. The third kappa shape index (κ3) is 3.55. The van der Waals surface area contributed by atoms with Crippen LogP contribution >= 0.6 is 0 Å². The number of sulfonamides is 1. The largest absolute Gasteiger partial charge is 0.490 e. The summed E-state index contributed by atoms with van der Waals surface area (Å²) in [5, 5.41) is 0. The number of ether oxygens (including phenoxy) is 1. The molecule has 0 radical (unpaired) electrons. The molecule has 24 heavy (non-hydrogen) atoms. The van der Waals surface area contributed by atoms with Crippen molar-refractivity contribution in [2.24, 2.45) is 0 Å². The van der Waals surface area contributed by atoms with E-state index in [0.717, 1.165) is 29.1 Å². The van der Waals surface area contributed by atoms with Gasteiger partial charge in [0.05, 0.1) is 17.1 Å². The van der Waals surface area contributed by atoms with E-state index in [9.17, 15) is 8.42 Å². The molecule has 5 nitrogen and oxygen atoms in total. The summed E-state index contributed by atoms with van der Waals surface area (Å²) in [6.07, 6.45) is 0. The predicted molar refractivity (Wildman–Crippen MR) is 95.3 cm³/mol. The van der Waals surface area contributed by atoms with Crippen molar-refractivity contribution < 1.29 is 13.2 Å². The van der Waals surface area contributed by atoms with E-state index in [1.165, 1.54) is 0 Å². The third-order valence-electron chi connectivity index (χ3n) is 4.13. The number of para-hydroxylation sites is 2. The summed E-state index contributed by atoms with van der Waals surface area (Å²) >= 11 is 0. The van der Waals surface area contributed by atoms with Crippen molar-refractivity contribution in [1.82, 2.24) is 4.72 Å². The van der Waals surface area contributed by atoms with Gasteiger partial charge in [-0.3, -0.25) is 0 Å². The van der Waals surface area contributed by atoms with Gasteiger partial charge in [-0.2, -0.15) is 0 Å². The standard InChI is InChI=1S/C18H22N2O3S/c1-14-7-8-15(2)18(13-14)24(21,22)19-9-10-20-11-12-23-17-6-4-3-5-16(17)20/h3-8,13,19H,9-12H2,1-2H3. The molecule has 0 amide bonds. The minimum atomic E-state index is -3.50. The van der Waals surface area contributed by atoms with Gasteiger partial charge < -0.3 is 9.64 Å². The quantitative estimate of drug-likeness (QED) is 0.904. The van der Waals surface area contributed by atoms with Crippen LogP contribution in [0.2, 0.25) is 0 Å². The monoisotopic (exact) mass is 346 g/mol. The topological polar surface area (TPSA) is 58.6 Å². The zero-order valence-corrected chi connectivity index (χ0v) is 14.8. The molecule has 1 aliphatic heterocycles. The lowest BCUT2D eigenvalue weighted by atomic mass is 10.2. The van der Waals surface area contributed by atoms with Gasteiger partial charge in [0.2, 0.25) is 10.0 Å². The maximum Gasteiger partial charge on any atom is 0.240 e. The van der Waals surface area contributed by atoms with Crippen LogP contribution < -0.4 is 14.4 Å². The first-order valence-electron chi connectivity index (χ1n) is 8.01. The minimum Gasteiger partial charge on any atom is -0.490 e. The van der Waals surface area contributed by atoms with Gasteiger partial charge in [0.15, 0.2) is 0 Å². The summed E-state index contributed by atoms with van der Waals surface area (Å²) in [5.41, 5.74) is 2.70. The van der Waals surface area contributed by atoms with Gasteiger partial charge in [-0.1, -0.05) is 24.3 Å². The molecular weight excluding hydrogens is 324 g/mol. The highest BCUT2D eigenvalue weighted by atomic mass is 32.2. The van der Waals surface area contributed by atoms with Gasteiger partial charge in [0, 0.05) is 13.1 Å². The van der Waals surface area contributed by atoms with Crippen molar-refractivity contribution in [3.63, 3.8) is 0 Å². The van der Waals surface area contributed by atoms with E-state index in [1.807, 2.05) is 50.2 Å². The maximum absolute atomic E-state index is 12.5. The Labute approximate surface area is 143 Å². The van der Waals surface area contributed by atoms with Crippen LogP contribution in [0.25, 0.3) is 0 Å². The summed E-state index contributed by atoms with van der Waals surface area (Å²) < 4.78 is 33.4. The van der Waals surface area contributed by atoms with E-state index in [0.29, 0.717) is 24.6 Å². The molecule has 0 saturated carbocycles. The molecule has 3 rings (SSSR count). The first-order chi connectivity index (χ1) is 11.5. The molecule has 128 valence electrons. The first-order valence-corrected chi connectivity index (χ1v) is 9.49. The molecule has 0 bridgehead atoms. The van der Waals surface area contributed by atoms with Crippen LogP contribution in [0.4, 0.5) is 5.69 Å². The first kappa shape index (κ1) is 16.8. The lowest BCUT2D eigenvalue weighted by molar-refractivity contribution is 0.308. The van der Waals surface area contributed by atoms with E-state index >= 15 is 0 Å². The zero-order valence-electron chi connectivity index (χ0n) is 14.0. The molecule has 0 aliphatic carbocycles. The molecule has 1 N–H and O–H groups in total. The number of benzene rings is 2. The van der Waals surface area contributed by atoms with Crippen LogP contribution in [0, 0.1) is 13.8 Å². The van der Waals surface area contributed by atoms with Gasteiger partial charge in [0.25, 0.3) is 0 Å². The average Bonchev–Trinajstić information content (AvgIpc) is 2.57. The SMILES string of the molecule is Cc1ccc(C)c(S(=O)(=O)NCCN2CCOc3ccccc32)c1. The molecule has 2 aromatic rings. The summed E-state index contributed by atoms with van der Waals surface area (Å²) in [4.78, 5) is 2.50. The molecule has 0 spiro atoms. The van der Waals surface area contributed by atoms with E-state index in [-0.39, 0.29) is 0 Å². The minimum absolute atomic E-state index is 0.351. The summed E-state index contributed by atoms with van der Waals surface area (Å²) in [6.45, 7) is 6.02. The number of hydrogen-bond donors (Lipinski definition) is 1. The Kier molecular flexibility index (Phi) is 4.78. The van der Waals surface area contributed by atoms with Crippen molar-refractivity contribution in [2.45, 2.75) is 18.7 Å². The Bertz CT molecular complexity index is 834. The summed E-state index contributed by atoms with van der Waals surface area (Å²) in [6, 6.07) is 13.3. The lowest BCUT2D eigenvalue weighted by Gasteiger charge is -2.31. The molecule has 0 aromatic heterocycles. The highest BCUT2D eigenvalue weighted by Gasteiger charge is 2.20. The van der Waals surface area contributed by atoms with Gasteiger partial charge in [-0.05, 0) is 43.2 Å². The number of hydrogen-bond acceptors (Lipinski definition) is 4. The Morgan fingerprint density at radius 1 is 1.17 bits per heavy atom. The van der Waals surface area contributed by atoms with Crippen LogP contribution in [-0.2, 0) is 10.0 Å². The second-order valence-electron chi connectivity index (χ2n) is 5.97. The fourth-order valence-electron chi connectivity index (χ4n) is 2.85. The van der Waals surface area contributed by atoms with E-state index in [1.54, 1.807) is 6.07 Å². The fraction of sp³-hybridized carbons (Fsp3) is 0.333. The second kappa shape index (κ2) is 6.83. The molecule has 0 saturated heterocycles. The van der Waals surface area contributed by atoms with E-state index in [4.69, 9.17) is 4.74 Å². The van der Waals surface area contributed by atoms with Gasteiger partial charge in [0.1, 0.15) is 12.4 Å². The number of nitrogens with one attached hydrogen (secondary N) is 1. The Hall–Kier alpha value is -2.05. The molecule has 2 aromatic carbocycles. The van der Waals surface area contributed by atoms with Crippen molar-refractivity contribution >= 4 is 15.7 Å². The maximum atomic E-state index is 12.5. The predicted octanol–water partition coefficient (Wildman–Crippen LogP) is 2.48. The molecule has 1 aliphatic rings. The lowest BCUT2D eigenvalue weighted by Crippen LogP contribution is -2.39. The highest BCUT2D eigenvalue weighted by molar-refractivity contribution is 7.89. The van der Waals surface area contributed by atoms with E-state index in [2.05, 4.69) is 9.62 Å². The third-order valence-corrected chi connectivity index (χ3v) is 5.73. The van der Waals surface area contributed by atoms with E-state index < -0.39 is 10.0 Å². The Morgan fingerprint density at radius 3 is 2.79 bits per heavy atom. The Morgan fingerprint density at radius 2 is 1.96 bits per heavy atom. The molecule has 1 heterocycles. The van der Waals surface area contributed by atoms with Crippen LogP contribution in [0.3, 0.4) is 0 Å². The number of aryl methyl sites for hydroxylation is 2.